The smallest absolute Gasteiger partial charge is 0.000720 e. The lowest BCUT2D eigenvalue weighted by atomic mass is 9.79. The third kappa shape index (κ3) is 5.64. The molecule has 2 aliphatic carbocycles. The number of allylic oxidation sites excluding steroid dienone is 11. The molecule has 0 amide bonds. The van der Waals surface area contributed by atoms with Crippen molar-refractivity contribution in [3.63, 3.8) is 0 Å². The van der Waals surface area contributed by atoms with Crippen LogP contribution >= 0.6 is 0 Å². The minimum atomic E-state index is 0.989. The van der Waals surface area contributed by atoms with Gasteiger partial charge in [-0.15, -0.1) is 0 Å². The van der Waals surface area contributed by atoms with Crippen molar-refractivity contribution in [2.24, 2.45) is 0 Å². The van der Waals surface area contributed by atoms with Crippen LogP contribution in [0.25, 0.3) is 126 Å². The second-order valence-corrected chi connectivity index (χ2v) is 18.2. The summed E-state index contributed by atoms with van der Waals surface area (Å²) in [5, 5.41) is 18.8. The quantitative estimate of drug-likeness (QED) is 0.111. The molecular formula is C66H48. The highest BCUT2D eigenvalue weighted by Crippen LogP contribution is 2.55. The summed E-state index contributed by atoms with van der Waals surface area (Å²) in [4.78, 5) is 0. The third-order valence-corrected chi connectivity index (χ3v) is 14.7. The lowest BCUT2D eigenvalue weighted by Crippen LogP contribution is -2.04. The molecule has 0 aromatic heterocycles. The Morgan fingerprint density at radius 1 is 0.455 bits per heavy atom. The molecule has 11 aromatic rings. The van der Waals surface area contributed by atoms with Crippen molar-refractivity contribution in [2.45, 2.75) is 39.5 Å². The zero-order valence-corrected chi connectivity index (χ0v) is 37.5. The largest absolute Gasteiger partial charge is 0.0876 e. The van der Waals surface area contributed by atoms with E-state index in [1.165, 1.54) is 142 Å². The van der Waals surface area contributed by atoms with Gasteiger partial charge in [0.15, 0.2) is 0 Å². The zero-order valence-electron chi connectivity index (χ0n) is 37.5. The number of hydrogen-bond acceptors (Lipinski definition) is 0. The molecule has 0 fully saturated rings. The van der Waals surface area contributed by atoms with E-state index in [2.05, 4.69) is 220 Å². The van der Waals surface area contributed by atoms with Crippen molar-refractivity contribution in [1.29, 1.82) is 0 Å². The highest BCUT2D eigenvalue weighted by Gasteiger charge is 2.29. The van der Waals surface area contributed by atoms with Crippen molar-refractivity contribution in [3.05, 3.63) is 223 Å². The fourth-order valence-electron chi connectivity index (χ4n) is 12.1. The van der Waals surface area contributed by atoms with Crippen molar-refractivity contribution in [3.8, 4) is 33.4 Å². The average molecular weight is 841 g/mol. The summed E-state index contributed by atoms with van der Waals surface area (Å²) in [6, 6.07) is 55.3. The van der Waals surface area contributed by atoms with Gasteiger partial charge in [-0.1, -0.05) is 194 Å². The van der Waals surface area contributed by atoms with E-state index in [9.17, 15) is 0 Å². The lowest BCUT2D eigenvalue weighted by Gasteiger charge is -2.24. The highest BCUT2D eigenvalue weighted by atomic mass is 14.3. The first kappa shape index (κ1) is 38.6. The summed E-state index contributed by atoms with van der Waals surface area (Å²) in [7, 11) is 0. The number of hydrogen-bond donors (Lipinski definition) is 0. The van der Waals surface area contributed by atoms with Gasteiger partial charge in [0.2, 0.25) is 0 Å². The maximum atomic E-state index is 2.59. The van der Waals surface area contributed by atoms with E-state index >= 15 is 0 Å². The van der Waals surface area contributed by atoms with E-state index in [1.807, 2.05) is 0 Å². The molecule has 0 spiro atoms. The Balaban J connectivity index is 1.25. The molecule has 0 nitrogen and oxygen atoms in total. The van der Waals surface area contributed by atoms with Gasteiger partial charge in [0.25, 0.3) is 0 Å². The number of benzene rings is 9. The van der Waals surface area contributed by atoms with Crippen molar-refractivity contribution >= 4 is 92.6 Å². The Morgan fingerprint density at radius 3 is 1.74 bits per heavy atom. The molecule has 0 bridgehead atoms. The van der Waals surface area contributed by atoms with Gasteiger partial charge in [-0.3, -0.25) is 0 Å². The SMILES string of the molecule is C\C=C/C=C(\C=C/C)c1c2c(c(-c3ccccc3-c3ccccc3)c3c4cc5c(cc6c7c(-c8ccccc8)ccc(C8=CC=CCC8)c7c7cccc5c76)c5cccc(c13)c54)C=CCC2. The molecule has 2 aliphatic rings. The van der Waals surface area contributed by atoms with Gasteiger partial charge in [-0.2, -0.15) is 0 Å². The molecule has 0 atom stereocenters. The van der Waals surface area contributed by atoms with Gasteiger partial charge in [-0.25, -0.2) is 0 Å². The van der Waals surface area contributed by atoms with E-state index < -0.39 is 0 Å². The Morgan fingerprint density at radius 2 is 1.06 bits per heavy atom. The van der Waals surface area contributed by atoms with E-state index in [-0.39, 0.29) is 0 Å². The van der Waals surface area contributed by atoms with E-state index in [1.54, 1.807) is 0 Å². The van der Waals surface area contributed by atoms with Crippen LogP contribution in [-0.4, -0.2) is 0 Å². The van der Waals surface area contributed by atoms with Crippen LogP contribution in [0.3, 0.4) is 0 Å². The topological polar surface area (TPSA) is 0 Å². The normalized spacial score (nSPS) is 14.5. The molecule has 0 heteroatoms. The fraction of sp³-hybridized carbons (Fsp3) is 0.0909. The highest BCUT2D eigenvalue weighted by molar-refractivity contribution is 6.44. The van der Waals surface area contributed by atoms with Crippen molar-refractivity contribution < 1.29 is 0 Å². The van der Waals surface area contributed by atoms with Crippen LogP contribution in [-0.2, 0) is 6.42 Å². The van der Waals surface area contributed by atoms with Gasteiger partial charge < -0.3 is 0 Å². The van der Waals surface area contributed by atoms with E-state index in [0.717, 1.165) is 25.7 Å². The Labute approximate surface area is 386 Å². The Kier molecular flexibility index (Phi) is 9.03. The molecule has 0 N–H and O–H groups in total. The fourth-order valence-corrected chi connectivity index (χ4v) is 12.1. The minimum Gasteiger partial charge on any atom is -0.0876 e. The lowest BCUT2D eigenvalue weighted by molar-refractivity contribution is 0.985. The first-order chi connectivity index (χ1) is 32.7. The van der Waals surface area contributed by atoms with Crippen LogP contribution < -0.4 is 0 Å². The Bertz CT molecular complexity index is 3960. The first-order valence-corrected chi connectivity index (χ1v) is 23.8. The molecule has 0 aliphatic heterocycles. The van der Waals surface area contributed by atoms with Crippen molar-refractivity contribution in [1.82, 2.24) is 0 Å². The first-order valence-electron chi connectivity index (χ1n) is 23.8. The number of rotatable bonds is 7. The van der Waals surface area contributed by atoms with Crippen LogP contribution in [0, 0.1) is 0 Å². The third-order valence-electron chi connectivity index (χ3n) is 14.7. The Hall–Kier alpha value is -7.80. The van der Waals surface area contributed by atoms with Crippen LogP contribution in [0.5, 0.6) is 0 Å². The summed E-state index contributed by atoms with van der Waals surface area (Å²) in [6.07, 6.45) is 27.1. The van der Waals surface area contributed by atoms with Crippen LogP contribution in [0.4, 0.5) is 0 Å². The zero-order chi connectivity index (χ0) is 43.9. The van der Waals surface area contributed by atoms with Gasteiger partial charge in [-0.05, 0) is 194 Å². The monoisotopic (exact) mass is 840 g/mol. The maximum absolute atomic E-state index is 2.59. The summed E-state index contributed by atoms with van der Waals surface area (Å²) >= 11 is 0. The molecular weight excluding hydrogens is 793 g/mol. The van der Waals surface area contributed by atoms with Crippen LogP contribution in [0.1, 0.15) is 55.4 Å². The molecule has 312 valence electrons. The van der Waals surface area contributed by atoms with Crippen LogP contribution in [0.2, 0.25) is 0 Å². The predicted octanol–water partition coefficient (Wildman–Crippen LogP) is 18.9. The second kappa shape index (κ2) is 15.4. The molecule has 0 radical (unpaired) electrons. The van der Waals surface area contributed by atoms with E-state index in [0.29, 0.717) is 0 Å². The second-order valence-electron chi connectivity index (χ2n) is 18.2. The molecule has 11 aromatic carbocycles. The maximum Gasteiger partial charge on any atom is -0.000720 e. The molecule has 0 unspecified atom stereocenters. The predicted molar refractivity (Wildman–Crippen MR) is 289 cm³/mol. The van der Waals surface area contributed by atoms with Gasteiger partial charge in [0.05, 0.1) is 0 Å². The van der Waals surface area contributed by atoms with Gasteiger partial charge in [0.1, 0.15) is 0 Å². The summed E-state index contributed by atoms with van der Waals surface area (Å²) in [5.74, 6) is 0. The van der Waals surface area contributed by atoms with Crippen molar-refractivity contribution in [2.75, 3.05) is 0 Å². The molecule has 66 heavy (non-hydrogen) atoms. The summed E-state index contributed by atoms with van der Waals surface area (Å²) < 4.78 is 0. The van der Waals surface area contributed by atoms with Gasteiger partial charge >= 0.3 is 0 Å². The minimum absolute atomic E-state index is 0.989. The molecule has 0 saturated heterocycles. The molecule has 0 heterocycles. The standard InChI is InChI=1S/C66H48/c1-3-5-22-44(21-4-2)59-49-31-17-18-32-50(49)64(48-30-16-15-29-45(48)41-23-9-6-10-24-41)66-58-40-56-51-33-19-35-53-60(51)57(39-55(56)52-34-20-36-54(61(52)58)65(59)66)63-47(43-27-13-8-14-28-43)38-37-46(62(53)63)42-25-11-7-12-26-42/h3-11,13-16,18-25,27-30,32-40H,12,17,26,31H2,1-2H3/b5-3-,21-4-,44-22+. The molecule has 0 saturated carbocycles. The van der Waals surface area contributed by atoms with E-state index in [4.69, 9.17) is 0 Å². The summed E-state index contributed by atoms with van der Waals surface area (Å²) in [6.45, 7) is 4.26. The van der Waals surface area contributed by atoms with Gasteiger partial charge in [0, 0.05) is 0 Å². The molecule has 13 rings (SSSR count). The summed E-state index contributed by atoms with van der Waals surface area (Å²) in [5.41, 5.74) is 15.9. The van der Waals surface area contributed by atoms with Crippen LogP contribution in [0.15, 0.2) is 200 Å². The average Bonchev–Trinajstić information content (AvgIpc) is 3.89. The number of fused-ring (bicyclic) bond motifs is 10.